The lowest BCUT2D eigenvalue weighted by Crippen LogP contribution is -2.60. The lowest BCUT2D eigenvalue weighted by Gasteiger charge is -2.51. The van der Waals surface area contributed by atoms with Gasteiger partial charge in [0.1, 0.15) is 23.0 Å². The van der Waals surface area contributed by atoms with E-state index in [0.29, 0.717) is 16.0 Å². The van der Waals surface area contributed by atoms with E-state index in [0.717, 1.165) is 49.5 Å². The second-order valence-corrected chi connectivity index (χ2v) is 10.4. The van der Waals surface area contributed by atoms with Gasteiger partial charge in [-0.05, 0) is 18.1 Å². The molecule has 2 saturated heterocycles. The van der Waals surface area contributed by atoms with Crippen LogP contribution in [0.3, 0.4) is 0 Å². The number of aliphatic hydroxyl groups excluding tert-OH is 1. The summed E-state index contributed by atoms with van der Waals surface area (Å²) in [5.41, 5.74) is 0.896. The predicted octanol–water partition coefficient (Wildman–Crippen LogP) is 3.16. The van der Waals surface area contributed by atoms with Crippen LogP contribution in [0.1, 0.15) is 22.9 Å². The Morgan fingerprint density at radius 1 is 1.20 bits per heavy atom. The average Bonchev–Trinajstić information content (AvgIpc) is 3.41. The Labute approximate surface area is 204 Å². The molecule has 35 heavy (non-hydrogen) atoms. The SMILES string of the molecule is O=C(NCCO)C(c1ccccc1)N1CC2(CCN(c3ncnc4sc(CC(F)(F)F)cc34)C2)C1. The highest BCUT2D eigenvalue weighted by Gasteiger charge is 2.51. The molecule has 1 atom stereocenters. The first-order chi connectivity index (χ1) is 16.8. The third-order valence-electron chi connectivity index (χ3n) is 6.69. The van der Waals surface area contributed by atoms with Crippen molar-refractivity contribution in [3.63, 3.8) is 0 Å². The summed E-state index contributed by atoms with van der Waals surface area (Å²) in [6.45, 7) is 3.01. The number of anilines is 1. The molecule has 2 fully saturated rings. The van der Waals surface area contributed by atoms with Crippen LogP contribution < -0.4 is 10.2 Å². The molecule has 2 N–H and O–H groups in total. The molecule has 1 aromatic carbocycles. The maximum Gasteiger partial charge on any atom is 0.393 e. The zero-order valence-electron chi connectivity index (χ0n) is 19.0. The molecule has 5 rings (SSSR count). The summed E-state index contributed by atoms with van der Waals surface area (Å²) in [4.78, 5) is 26.6. The lowest BCUT2D eigenvalue weighted by atomic mass is 9.77. The number of hydrogen-bond acceptors (Lipinski definition) is 7. The number of hydrogen-bond donors (Lipinski definition) is 2. The van der Waals surface area contributed by atoms with Crippen molar-refractivity contribution in [1.29, 1.82) is 0 Å². The highest BCUT2D eigenvalue weighted by atomic mass is 32.1. The first-order valence-electron chi connectivity index (χ1n) is 11.5. The minimum atomic E-state index is -4.26. The molecule has 1 amide bonds. The minimum Gasteiger partial charge on any atom is -0.395 e. The maximum atomic E-state index is 12.9. The molecule has 0 bridgehead atoms. The standard InChI is InChI=1S/C24H26F3N5O2S/c25-24(26,27)11-17-10-18-20(29-15-30-22(18)35-17)31-8-6-23(12-31)13-32(14-23)19(21(34)28-7-9-33)16-4-2-1-3-5-16/h1-5,10,15,19,33H,6-9,11-14H2,(H,28,34). The fraction of sp³-hybridized carbons (Fsp3) is 0.458. The number of likely N-dealkylation sites (tertiary alicyclic amines) is 1. The van der Waals surface area contributed by atoms with Gasteiger partial charge in [0.25, 0.3) is 0 Å². The zero-order valence-corrected chi connectivity index (χ0v) is 19.8. The Kier molecular flexibility index (Phi) is 6.41. The smallest absolute Gasteiger partial charge is 0.393 e. The van der Waals surface area contributed by atoms with E-state index in [1.54, 1.807) is 6.07 Å². The number of nitrogens with one attached hydrogen (secondary N) is 1. The van der Waals surface area contributed by atoms with Gasteiger partial charge in [0.15, 0.2) is 0 Å². The molecule has 1 spiro atoms. The van der Waals surface area contributed by atoms with E-state index in [-0.39, 0.29) is 29.4 Å². The van der Waals surface area contributed by atoms with Gasteiger partial charge in [-0.3, -0.25) is 9.69 Å². The number of thiophene rings is 1. The summed E-state index contributed by atoms with van der Waals surface area (Å²) >= 11 is 1.06. The molecule has 4 heterocycles. The van der Waals surface area contributed by atoms with E-state index in [4.69, 9.17) is 5.11 Å². The van der Waals surface area contributed by atoms with Gasteiger partial charge >= 0.3 is 6.18 Å². The number of aliphatic hydroxyl groups is 1. The van der Waals surface area contributed by atoms with Crippen molar-refractivity contribution >= 4 is 33.3 Å². The fourth-order valence-corrected chi connectivity index (χ4v) is 6.26. The number of amides is 1. The second-order valence-electron chi connectivity index (χ2n) is 9.33. The Bertz CT molecular complexity index is 1200. The Balaban J connectivity index is 1.31. The highest BCUT2D eigenvalue weighted by Crippen LogP contribution is 2.45. The van der Waals surface area contributed by atoms with Crippen LogP contribution in [0.4, 0.5) is 19.0 Å². The molecule has 1 unspecified atom stereocenters. The van der Waals surface area contributed by atoms with E-state index < -0.39 is 18.6 Å². The fourth-order valence-electron chi connectivity index (χ4n) is 5.24. The number of alkyl halides is 3. The number of aromatic nitrogens is 2. The van der Waals surface area contributed by atoms with Gasteiger partial charge in [-0.25, -0.2) is 9.97 Å². The Morgan fingerprint density at radius 2 is 1.97 bits per heavy atom. The van der Waals surface area contributed by atoms with Crippen LogP contribution in [0.25, 0.3) is 10.2 Å². The van der Waals surface area contributed by atoms with Gasteiger partial charge in [-0.1, -0.05) is 30.3 Å². The van der Waals surface area contributed by atoms with Gasteiger partial charge in [-0.15, -0.1) is 11.3 Å². The van der Waals surface area contributed by atoms with Gasteiger partial charge in [-0.2, -0.15) is 13.2 Å². The molecule has 0 aliphatic carbocycles. The summed E-state index contributed by atoms with van der Waals surface area (Å²) in [5, 5.41) is 12.6. The van der Waals surface area contributed by atoms with Crippen LogP contribution >= 0.6 is 11.3 Å². The highest BCUT2D eigenvalue weighted by molar-refractivity contribution is 7.18. The summed E-state index contributed by atoms with van der Waals surface area (Å²) < 4.78 is 38.7. The predicted molar refractivity (Wildman–Crippen MR) is 127 cm³/mol. The molecular formula is C24H26F3N5O2S. The van der Waals surface area contributed by atoms with Crippen molar-refractivity contribution < 1.29 is 23.1 Å². The summed E-state index contributed by atoms with van der Waals surface area (Å²) in [6.07, 6.45) is -2.90. The van der Waals surface area contributed by atoms with Crippen molar-refractivity contribution in [3.05, 3.63) is 53.2 Å². The molecular weight excluding hydrogens is 479 g/mol. The maximum absolute atomic E-state index is 12.9. The number of halogens is 3. The van der Waals surface area contributed by atoms with Gasteiger partial charge in [0, 0.05) is 43.0 Å². The second kappa shape index (κ2) is 9.36. The molecule has 186 valence electrons. The van der Waals surface area contributed by atoms with Crippen molar-refractivity contribution in [2.75, 3.05) is 44.2 Å². The van der Waals surface area contributed by atoms with E-state index in [1.165, 1.54) is 6.33 Å². The summed E-state index contributed by atoms with van der Waals surface area (Å²) in [7, 11) is 0. The van der Waals surface area contributed by atoms with E-state index in [9.17, 15) is 18.0 Å². The first-order valence-corrected chi connectivity index (χ1v) is 12.3. The first kappa shape index (κ1) is 24.0. The van der Waals surface area contributed by atoms with Crippen LogP contribution in [-0.4, -0.2) is 71.4 Å². The van der Waals surface area contributed by atoms with E-state index >= 15 is 0 Å². The zero-order chi connectivity index (χ0) is 24.6. The topological polar surface area (TPSA) is 81.6 Å². The van der Waals surface area contributed by atoms with Crippen LogP contribution in [-0.2, 0) is 11.2 Å². The van der Waals surface area contributed by atoms with Crippen LogP contribution in [0, 0.1) is 5.41 Å². The van der Waals surface area contributed by atoms with Crippen LogP contribution in [0.15, 0.2) is 42.7 Å². The Hall–Kier alpha value is -2.76. The van der Waals surface area contributed by atoms with Gasteiger partial charge in [0.2, 0.25) is 5.91 Å². The molecule has 11 heteroatoms. The number of carbonyl (C=O) groups excluding carboxylic acids is 1. The minimum absolute atomic E-state index is 0.00756. The third kappa shape index (κ3) is 4.98. The van der Waals surface area contributed by atoms with E-state index in [2.05, 4.69) is 25.1 Å². The number of rotatable bonds is 7. The van der Waals surface area contributed by atoms with Crippen molar-refractivity contribution in [2.24, 2.45) is 5.41 Å². The van der Waals surface area contributed by atoms with Crippen molar-refractivity contribution in [2.45, 2.75) is 25.1 Å². The van der Waals surface area contributed by atoms with Crippen LogP contribution in [0.5, 0.6) is 0 Å². The van der Waals surface area contributed by atoms with Crippen molar-refractivity contribution in [1.82, 2.24) is 20.2 Å². The summed E-state index contributed by atoms with van der Waals surface area (Å²) in [5.74, 6) is 0.540. The van der Waals surface area contributed by atoms with Gasteiger partial charge in [0.05, 0.1) is 18.4 Å². The molecule has 3 aromatic rings. The number of nitrogens with zero attached hydrogens (tertiary/aromatic N) is 4. The average molecular weight is 506 g/mol. The number of carbonyl (C=O) groups is 1. The monoisotopic (exact) mass is 505 g/mol. The number of benzene rings is 1. The molecule has 0 saturated carbocycles. The van der Waals surface area contributed by atoms with Crippen LogP contribution in [0.2, 0.25) is 0 Å². The molecule has 2 aliphatic heterocycles. The lowest BCUT2D eigenvalue weighted by molar-refractivity contribution is -0.132. The Morgan fingerprint density at radius 3 is 2.69 bits per heavy atom. The quantitative estimate of drug-likeness (QED) is 0.514. The third-order valence-corrected chi connectivity index (χ3v) is 7.73. The molecule has 7 nitrogen and oxygen atoms in total. The molecule has 2 aromatic heterocycles. The number of fused-ring (bicyclic) bond motifs is 1. The normalized spacial score (nSPS) is 18.7. The van der Waals surface area contributed by atoms with E-state index in [1.807, 2.05) is 30.3 Å². The van der Waals surface area contributed by atoms with Gasteiger partial charge < -0.3 is 15.3 Å². The molecule has 2 aliphatic rings. The van der Waals surface area contributed by atoms with Crippen molar-refractivity contribution in [3.8, 4) is 0 Å². The summed E-state index contributed by atoms with van der Waals surface area (Å²) in [6, 6.07) is 10.7. The molecule has 0 radical (unpaired) electrons. The largest absolute Gasteiger partial charge is 0.395 e.